The van der Waals surface area contributed by atoms with Crippen molar-refractivity contribution < 1.29 is 19.0 Å². The van der Waals surface area contributed by atoms with Gasteiger partial charge < -0.3 is 15.2 Å². The number of hydrogen-bond acceptors (Lipinski definition) is 3. The van der Waals surface area contributed by atoms with E-state index >= 15 is 0 Å². The number of rotatable bonds is 7. The molecule has 0 fully saturated rings. The molecule has 0 saturated carbocycles. The van der Waals surface area contributed by atoms with Crippen LogP contribution in [0.15, 0.2) is 24.3 Å². The molecule has 0 aliphatic rings. The summed E-state index contributed by atoms with van der Waals surface area (Å²) in [6, 6.07) is 5.61. The van der Waals surface area contributed by atoms with Gasteiger partial charge in [-0.1, -0.05) is 19.9 Å². The molecule has 0 atom stereocenters. The molecule has 1 aromatic rings. The van der Waals surface area contributed by atoms with Gasteiger partial charge in [0.2, 0.25) is 0 Å². The number of aliphatic hydroxyl groups is 1. The van der Waals surface area contributed by atoms with Gasteiger partial charge in [-0.2, -0.15) is 0 Å². The Morgan fingerprint density at radius 3 is 2.63 bits per heavy atom. The van der Waals surface area contributed by atoms with Crippen LogP contribution >= 0.6 is 0 Å². The Balaban J connectivity index is 2.52. The van der Waals surface area contributed by atoms with Gasteiger partial charge in [-0.25, -0.2) is 4.39 Å². The third kappa shape index (κ3) is 4.52. The van der Waals surface area contributed by atoms with Gasteiger partial charge in [0.1, 0.15) is 11.6 Å². The molecular weight excluding hydrogens is 249 g/mol. The fraction of sp³-hybridized carbons (Fsp3) is 0.500. The van der Waals surface area contributed by atoms with Crippen molar-refractivity contribution in [2.24, 2.45) is 0 Å². The molecule has 2 N–H and O–H groups in total. The normalized spacial score (nSPS) is 11.2. The first-order chi connectivity index (χ1) is 9.05. The number of benzene rings is 1. The predicted octanol–water partition coefficient (Wildman–Crippen LogP) is 1.87. The van der Waals surface area contributed by atoms with E-state index in [-0.39, 0.29) is 19.1 Å². The fourth-order valence-corrected chi connectivity index (χ4v) is 1.73. The molecule has 106 valence electrons. The second-order valence-electron chi connectivity index (χ2n) is 4.44. The van der Waals surface area contributed by atoms with Gasteiger partial charge in [0.25, 0.3) is 5.91 Å². The second-order valence-corrected chi connectivity index (χ2v) is 4.44. The zero-order valence-corrected chi connectivity index (χ0v) is 11.3. The third-order valence-electron chi connectivity index (χ3n) is 3.23. The molecule has 0 aliphatic heterocycles. The van der Waals surface area contributed by atoms with E-state index < -0.39 is 11.4 Å². The van der Waals surface area contributed by atoms with Gasteiger partial charge in [-0.15, -0.1) is 0 Å². The summed E-state index contributed by atoms with van der Waals surface area (Å²) in [5.41, 5.74) is -0.609. The van der Waals surface area contributed by atoms with Crippen LogP contribution in [0, 0.1) is 5.82 Å². The summed E-state index contributed by atoms with van der Waals surface area (Å²) in [5, 5.41) is 12.1. The van der Waals surface area contributed by atoms with E-state index in [1.54, 1.807) is 6.07 Å². The molecule has 0 unspecified atom stereocenters. The molecule has 0 aliphatic carbocycles. The molecule has 0 aromatic heterocycles. The van der Waals surface area contributed by atoms with Crippen molar-refractivity contribution in [1.82, 2.24) is 5.32 Å². The number of carbonyl (C=O) groups is 1. The summed E-state index contributed by atoms with van der Waals surface area (Å²) in [7, 11) is 0. The second kappa shape index (κ2) is 7.09. The fourth-order valence-electron chi connectivity index (χ4n) is 1.73. The Morgan fingerprint density at radius 1 is 1.42 bits per heavy atom. The van der Waals surface area contributed by atoms with Crippen molar-refractivity contribution in [3.8, 4) is 5.75 Å². The summed E-state index contributed by atoms with van der Waals surface area (Å²) in [6.45, 7) is 3.47. The van der Waals surface area contributed by atoms with Gasteiger partial charge in [-0.3, -0.25) is 4.79 Å². The Bertz CT molecular complexity index is 411. The minimum absolute atomic E-state index is 0.119. The van der Waals surface area contributed by atoms with Crippen molar-refractivity contribution in [2.45, 2.75) is 32.2 Å². The lowest BCUT2D eigenvalue weighted by Crippen LogP contribution is -2.51. The molecule has 0 bridgehead atoms. The average molecular weight is 269 g/mol. The SMILES string of the molecule is CCC(CC)(CO)NC(=O)COc1cccc(F)c1. The zero-order valence-electron chi connectivity index (χ0n) is 11.3. The molecule has 1 amide bonds. The van der Waals surface area contributed by atoms with Crippen molar-refractivity contribution in [3.63, 3.8) is 0 Å². The number of amides is 1. The maximum absolute atomic E-state index is 12.9. The van der Waals surface area contributed by atoms with Gasteiger partial charge in [0.15, 0.2) is 6.61 Å². The van der Waals surface area contributed by atoms with Crippen molar-refractivity contribution in [1.29, 1.82) is 0 Å². The van der Waals surface area contributed by atoms with Crippen LogP contribution in [0.2, 0.25) is 0 Å². The maximum Gasteiger partial charge on any atom is 0.258 e. The summed E-state index contributed by atoms with van der Waals surface area (Å²) >= 11 is 0. The average Bonchev–Trinajstić information content (AvgIpc) is 2.43. The Morgan fingerprint density at radius 2 is 2.11 bits per heavy atom. The first-order valence-electron chi connectivity index (χ1n) is 6.35. The van der Waals surface area contributed by atoms with Crippen molar-refractivity contribution >= 4 is 5.91 Å². The molecule has 0 heterocycles. The minimum atomic E-state index is -0.609. The van der Waals surface area contributed by atoms with Gasteiger partial charge in [0.05, 0.1) is 12.1 Å². The van der Waals surface area contributed by atoms with Crippen LogP contribution in [0.25, 0.3) is 0 Å². The first-order valence-corrected chi connectivity index (χ1v) is 6.35. The van der Waals surface area contributed by atoms with Crippen LogP contribution in [0.4, 0.5) is 4.39 Å². The number of hydrogen-bond donors (Lipinski definition) is 2. The molecule has 1 aromatic carbocycles. The molecule has 5 heteroatoms. The molecular formula is C14H20FNO3. The first kappa shape index (κ1) is 15.4. The summed E-state index contributed by atoms with van der Waals surface area (Å²) < 4.78 is 18.1. The highest BCUT2D eigenvalue weighted by atomic mass is 19.1. The van der Waals surface area contributed by atoms with Crippen molar-refractivity contribution in [2.75, 3.05) is 13.2 Å². The lowest BCUT2D eigenvalue weighted by molar-refractivity contribution is -0.125. The highest BCUT2D eigenvalue weighted by Crippen LogP contribution is 2.15. The molecule has 0 saturated heterocycles. The quantitative estimate of drug-likeness (QED) is 0.794. The minimum Gasteiger partial charge on any atom is -0.484 e. The number of halogens is 1. The largest absolute Gasteiger partial charge is 0.484 e. The topological polar surface area (TPSA) is 58.6 Å². The van der Waals surface area contributed by atoms with Gasteiger partial charge in [0, 0.05) is 6.07 Å². The summed E-state index contributed by atoms with van der Waals surface area (Å²) in [4.78, 5) is 11.8. The van der Waals surface area contributed by atoms with Crippen LogP contribution in [-0.2, 0) is 4.79 Å². The molecule has 1 rings (SSSR count). The summed E-state index contributed by atoms with van der Waals surface area (Å²) in [5.74, 6) is -0.440. The zero-order chi connectivity index (χ0) is 14.3. The lowest BCUT2D eigenvalue weighted by Gasteiger charge is -2.30. The van der Waals surface area contributed by atoms with Crippen molar-refractivity contribution in [3.05, 3.63) is 30.1 Å². The molecule has 0 spiro atoms. The Hall–Kier alpha value is -1.62. The van der Waals surface area contributed by atoms with E-state index in [4.69, 9.17) is 4.74 Å². The monoisotopic (exact) mass is 269 g/mol. The lowest BCUT2D eigenvalue weighted by atomic mass is 9.94. The van der Waals surface area contributed by atoms with Gasteiger partial charge >= 0.3 is 0 Å². The van der Waals surface area contributed by atoms with E-state index in [0.717, 1.165) is 0 Å². The molecule has 0 radical (unpaired) electrons. The van der Waals surface area contributed by atoms with E-state index in [0.29, 0.717) is 18.6 Å². The Labute approximate surface area is 112 Å². The van der Waals surface area contributed by atoms with Crippen LogP contribution in [0.5, 0.6) is 5.75 Å². The smallest absolute Gasteiger partial charge is 0.258 e. The third-order valence-corrected chi connectivity index (χ3v) is 3.23. The van der Waals surface area contributed by atoms with E-state index in [1.807, 2.05) is 13.8 Å². The van der Waals surface area contributed by atoms with E-state index in [2.05, 4.69) is 5.32 Å². The van der Waals surface area contributed by atoms with Crippen LogP contribution in [0.3, 0.4) is 0 Å². The number of aliphatic hydroxyl groups excluding tert-OH is 1. The van der Waals surface area contributed by atoms with Crippen LogP contribution in [-0.4, -0.2) is 29.8 Å². The Kier molecular flexibility index (Phi) is 5.76. The number of nitrogens with one attached hydrogen (secondary N) is 1. The van der Waals surface area contributed by atoms with E-state index in [9.17, 15) is 14.3 Å². The maximum atomic E-state index is 12.9. The molecule has 19 heavy (non-hydrogen) atoms. The number of carbonyl (C=O) groups excluding carboxylic acids is 1. The van der Waals surface area contributed by atoms with Crippen LogP contribution in [0.1, 0.15) is 26.7 Å². The molecule has 4 nitrogen and oxygen atoms in total. The highest BCUT2D eigenvalue weighted by molar-refractivity contribution is 5.78. The summed E-state index contributed by atoms with van der Waals surface area (Å²) in [6.07, 6.45) is 1.26. The number of ether oxygens (including phenoxy) is 1. The van der Waals surface area contributed by atoms with E-state index in [1.165, 1.54) is 18.2 Å². The van der Waals surface area contributed by atoms with Crippen LogP contribution < -0.4 is 10.1 Å². The predicted molar refractivity (Wildman–Crippen MR) is 70.4 cm³/mol. The highest BCUT2D eigenvalue weighted by Gasteiger charge is 2.27. The standard InChI is InChI=1S/C14H20FNO3/c1-3-14(4-2,10-17)16-13(18)9-19-12-7-5-6-11(15)8-12/h5-8,17H,3-4,9-10H2,1-2H3,(H,16,18). The van der Waals surface area contributed by atoms with Gasteiger partial charge in [-0.05, 0) is 25.0 Å².